The molecule has 112 valence electrons. The van der Waals surface area contributed by atoms with Crippen LogP contribution in [0.15, 0.2) is 35.3 Å². The molecule has 1 aromatic carbocycles. The van der Waals surface area contributed by atoms with Crippen molar-refractivity contribution in [3.8, 4) is 0 Å². The maximum absolute atomic E-state index is 11.8. The van der Waals surface area contributed by atoms with Crippen molar-refractivity contribution in [2.24, 2.45) is 0 Å². The molecule has 5 nitrogen and oxygen atoms in total. The van der Waals surface area contributed by atoms with Crippen molar-refractivity contribution in [1.82, 2.24) is 15.1 Å². The summed E-state index contributed by atoms with van der Waals surface area (Å²) in [7, 11) is 0. The Balaban J connectivity index is 1.65. The van der Waals surface area contributed by atoms with Crippen LogP contribution in [0.3, 0.4) is 0 Å². The minimum atomic E-state index is -0.0254. The number of hydrogen-bond donors (Lipinski definition) is 1. The maximum atomic E-state index is 11.8. The summed E-state index contributed by atoms with van der Waals surface area (Å²) >= 11 is 0. The molecule has 1 fully saturated rings. The van der Waals surface area contributed by atoms with Gasteiger partial charge in [0, 0.05) is 24.6 Å². The molecular formula is C16H21N3O2. The molecule has 0 aliphatic carbocycles. The second-order valence-corrected chi connectivity index (χ2v) is 5.54. The van der Waals surface area contributed by atoms with Crippen LogP contribution in [-0.4, -0.2) is 35.1 Å². The third kappa shape index (κ3) is 3.14. The highest BCUT2D eigenvalue weighted by Gasteiger charge is 2.21. The van der Waals surface area contributed by atoms with Crippen LogP contribution in [0, 0.1) is 0 Å². The van der Waals surface area contributed by atoms with Crippen molar-refractivity contribution in [3.05, 3.63) is 40.7 Å². The molecule has 0 bridgehead atoms. The number of rotatable bonds is 5. The Bertz CT molecular complexity index is 662. The van der Waals surface area contributed by atoms with Gasteiger partial charge >= 0.3 is 0 Å². The third-order valence-electron chi connectivity index (χ3n) is 4.07. The molecule has 2 atom stereocenters. The van der Waals surface area contributed by atoms with Gasteiger partial charge in [-0.05, 0) is 31.9 Å². The molecule has 0 spiro atoms. The van der Waals surface area contributed by atoms with Crippen LogP contribution in [0.1, 0.15) is 19.8 Å². The molecule has 2 unspecified atom stereocenters. The number of para-hydroxylation sites is 1. The molecule has 3 rings (SSSR count). The minimum Gasteiger partial charge on any atom is -0.377 e. The summed E-state index contributed by atoms with van der Waals surface area (Å²) in [6.45, 7) is 4.58. The molecule has 1 saturated heterocycles. The van der Waals surface area contributed by atoms with E-state index in [4.69, 9.17) is 4.74 Å². The summed E-state index contributed by atoms with van der Waals surface area (Å²) in [5, 5.41) is 8.44. The molecule has 1 aliphatic heterocycles. The highest BCUT2D eigenvalue weighted by Crippen LogP contribution is 2.15. The van der Waals surface area contributed by atoms with Gasteiger partial charge in [0.25, 0.3) is 0 Å². The van der Waals surface area contributed by atoms with Crippen LogP contribution in [0.2, 0.25) is 0 Å². The van der Waals surface area contributed by atoms with E-state index in [-0.39, 0.29) is 5.43 Å². The standard InChI is InChI=1S/C16H21N3O2/c1-12(16-7-4-10-21-16)17-8-9-19-14-6-3-2-5-13(14)15(20)11-18-19/h2-3,5-6,11-12,16-17H,4,7-10H2,1H3. The lowest BCUT2D eigenvalue weighted by Gasteiger charge is -2.20. The highest BCUT2D eigenvalue weighted by atomic mass is 16.5. The van der Waals surface area contributed by atoms with E-state index in [2.05, 4.69) is 17.3 Å². The van der Waals surface area contributed by atoms with Crippen LogP contribution >= 0.6 is 0 Å². The van der Waals surface area contributed by atoms with E-state index in [1.807, 2.05) is 28.9 Å². The Kier molecular flexibility index (Phi) is 4.31. The monoisotopic (exact) mass is 287 g/mol. The van der Waals surface area contributed by atoms with Gasteiger partial charge in [-0.3, -0.25) is 9.48 Å². The molecule has 1 N–H and O–H groups in total. The van der Waals surface area contributed by atoms with Crippen LogP contribution in [0.4, 0.5) is 0 Å². The van der Waals surface area contributed by atoms with Gasteiger partial charge in [-0.15, -0.1) is 0 Å². The fourth-order valence-electron chi connectivity index (χ4n) is 2.87. The third-order valence-corrected chi connectivity index (χ3v) is 4.07. The van der Waals surface area contributed by atoms with Crippen molar-refractivity contribution in [2.45, 2.75) is 38.5 Å². The lowest BCUT2D eigenvalue weighted by Crippen LogP contribution is -2.38. The zero-order chi connectivity index (χ0) is 14.7. The normalized spacial score (nSPS) is 20.0. The maximum Gasteiger partial charge on any atom is 0.207 e. The van der Waals surface area contributed by atoms with E-state index in [1.54, 1.807) is 0 Å². The van der Waals surface area contributed by atoms with Crippen LogP contribution in [-0.2, 0) is 11.3 Å². The molecule has 2 heterocycles. The highest BCUT2D eigenvalue weighted by molar-refractivity contribution is 5.77. The number of benzene rings is 1. The Labute approximate surface area is 123 Å². The van der Waals surface area contributed by atoms with E-state index in [1.165, 1.54) is 6.20 Å². The molecule has 0 radical (unpaired) electrons. The van der Waals surface area contributed by atoms with E-state index >= 15 is 0 Å². The lowest BCUT2D eigenvalue weighted by molar-refractivity contribution is 0.0834. The van der Waals surface area contributed by atoms with Gasteiger partial charge < -0.3 is 10.1 Å². The molecular weight excluding hydrogens is 266 g/mol. The second-order valence-electron chi connectivity index (χ2n) is 5.54. The van der Waals surface area contributed by atoms with E-state index in [0.717, 1.165) is 43.4 Å². The first-order valence-electron chi connectivity index (χ1n) is 7.55. The Morgan fingerprint density at radius 3 is 3.14 bits per heavy atom. The second kappa shape index (κ2) is 6.37. The predicted molar refractivity (Wildman–Crippen MR) is 82.4 cm³/mol. The van der Waals surface area contributed by atoms with Gasteiger partial charge in [-0.25, -0.2) is 0 Å². The van der Waals surface area contributed by atoms with Crippen molar-refractivity contribution in [3.63, 3.8) is 0 Å². The summed E-state index contributed by atoms with van der Waals surface area (Å²) in [4.78, 5) is 11.8. The first kappa shape index (κ1) is 14.2. The fraction of sp³-hybridized carbons (Fsp3) is 0.500. The number of ether oxygens (including phenoxy) is 1. The SMILES string of the molecule is CC(NCCn1ncc(=O)c2ccccc21)C1CCCO1. The fourth-order valence-corrected chi connectivity index (χ4v) is 2.87. The van der Waals surface area contributed by atoms with E-state index in [0.29, 0.717) is 12.1 Å². The van der Waals surface area contributed by atoms with E-state index < -0.39 is 0 Å². The summed E-state index contributed by atoms with van der Waals surface area (Å²) < 4.78 is 7.56. The van der Waals surface area contributed by atoms with Crippen molar-refractivity contribution < 1.29 is 4.74 Å². The largest absolute Gasteiger partial charge is 0.377 e. The number of nitrogens with one attached hydrogen (secondary N) is 1. The van der Waals surface area contributed by atoms with Gasteiger partial charge in [0.1, 0.15) is 0 Å². The zero-order valence-corrected chi connectivity index (χ0v) is 12.3. The van der Waals surface area contributed by atoms with Gasteiger partial charge in [0.2, 0.25) is 5.43 Å². The van der Waals surface area contributed by atoms with Crippen molar-refractivity contribution in [1.29, 1.82) is 0 Å². The lowest BCUT2D eigenvalue weighted by atomic mass is 10.1. The number of fused-ring (bicyclic) bond motifs is 1. The first-order chi connectivity index (χ1) is 10.3. The summed E-state index contributed by atoms with van der Waals surface area (Å²) in [6.07, 6.45) is 4.01. The van der Waals surface area contributed by atoms with Gasteiger partial charge in [-0.1, -0.05) is 12.1 Å². The van der Waals surface area contributed by atoms with Gasteiger partial charge in [0.05, 0.1) is 24.4 Å². The summed E-state index contributed by atoms with van der Waals surface area (Å²) in [5.74, 6) is 0. The molecule has 5 heteroatoms. The topological polar surface area (TPSA) is 56.2 Å². The van der Waals surface area contributed by atoms with Crippen molar-refractivity contribution >= 4 is 10.9 Å². The molecule has 0 saturated carbocycles. The zero-order valence-electron chi connectivity index (χ0n) is 12.3. The Hall–Kier alpha value is -1.72. The summed E-state index contributed by atoms with van der Waals surface area (Å²) in [6, 6.07) is 7.94. The van der Waals surface area contributed by atoms with Crippen LogP contribution in [0.5, 0.6) is 0 Å². The number of nitrogens with zero attached hydrogens (tertiary/aromatic N) is 2. The average Bonchev–Trinajstić information content (AvgIpc) is 3.04. The Morgan fingerprint density at radius 1 is 1.48 bits per heavy atom. The number of hydrogen-bond acceptors (Lipinski definition) is 4. The smallest absolute Gasteiger partial charge is 0.207 e. The summed E-state index contributed by atoms with van der Waals surface area (Å²) in [5.41, 5.74) is 0.860. The molecule has 1 aliphatic rings. The number of aromatic nitrogens is 2. The Morgan fingerprint density at radius 2 is 2.33 bits per heavy atom. The van der Waals surface area contributed by atoms with Gasteiger partial charge in [0.15, 0.2) is 0 Å². The van der Waals surface area contributed by atoms with Crippen molar-refractivity contribution in [2.75, 3.05) is 13.2 Å². The predicted octanol–water partition coefficient (Wildman–Crippen LogP) is 1.55. The quantitative estimate of drug-likeness (QED) is 0.906. The molecule has 2 aromatic rings. The minimum absolute atomic E-state index is 0.0254. The first-order valence-corrected chi connectivity index (χ1v) is 7.55. The van der Waals surface area contributed by atoms with Crippen LogP contribution in [0.25, 0.3) is 10.9 Å². The molecule has 1 aromatic heterocycles. The molecule has 0 amide bonds. The molecule has 21 heavy (non-hydrogen) atoms. The van der Waals surface area contributed by atoms with Crippen LogP contribution < -0.4 is 10.7 Å². The van der Waals surface area contributed by atoms with Gasteiger partial charge in [-0.2, -0.15) is 5.10 Å². The average molecular weight is 287 g/mol. The van der Waals surface area contributed by atoms with E-state index in [9.17, 15) is 4.79 Å².